The standard InChI is InChI=1S/C13H13N5O3/c1-18(11-6-12(21)17-13(14)16-11)15-7-10(20)8-2-4-9(19)5-3-8/h2-7,19H,1H3,(H3,14,16,17,21). The Balaban J connectivity index is 2.14. The molecular formula is C13H13N5O3. The maximum Gasteiger partial charge on any atom is 0.254 e. The van der Waals surface area contributed by atoms with Gasteiger partial charge in [0.1, 0.15) is 5.75 Å². The summed E-state index contributed by atoms with van der Waals surface area (Å²) in [5.74, 6) is -0.0983. The number of H-pyrrole nitrogens is 1. The number of hydrazone groups is 1. The summed E-state index contributed by atoms with van der Waals surface area (Å²) >= 11 is 0. The number of nitrogens with zero attached hydrogens (tertiary/aromatic N) is 3. The maximum atomic E-state index is 11.9. The third kappa shape index (κ3) is 3.66. The van der Waals surface area contributed by atoms with Gasteiger partial charge in [0, 0.05) is 18.7 Å². The maximum absolute atomic E-state index is 11.9. The molecule has 1 aromatic heterocycles. The van der Waals surface area contributed by atoms with Crippen LogP contribution in [0, 0.1) is 0 Å². The monoisotopic (exact) mass is 287 g/mol. The van der Waals surface area contributed by atoms with Gasteiger partial charge in [-0.3, -0.25) is 19.6 Å². The summed E-state index contributed by atoms with van der Waals surface area (Å²) in [5, 5.41) is 14.3. The van der Waals surface area contributed by atoms with Crippen LogP contribution in [-0.4, -0.2) is 34.1 Å². The summed E-state index contributed by atoms with van der Waals surface area (Å²) in [4.78, 5) is 29.3. The molecule has 0 aliphatic carbocycles. The van der Waals surface area contributed by atoms with Crippen molar-refractivity contribution in [2.45, 2.75) is 0 Å². The van der Waals surface area contributed by atoms with Gasteiger partial charge < -0.3 is 10.8 Å². The molecule has 0 aliphatic rings. The summed E-state index contributed by atoms with van der Waals surface area (Å²) in [6.45, 7) is 0. The Morgan fingerprint density at radius 3 is 2.71 bits per heavy atom. The molecule has 0 fully saturated rings. The largest absolute Gasteiger partial charge is 0.508 e. The van der Waals surface area contributed by atoms with E-state index >= 15 is 0 Å². The first-order valence-corrected chi connectivity index (χ1v) is 5.93. The number of aromatic amines is 1. The summed E-state index contributed by atoms with van der Waals surface area (Å²) in [6, 6.07) is 6.98. The summed E-state index contributed by atoms with van der Waals surface area (Å²) in [7, 11) is 1.53. The third-order valence-electron chi connectivity index (χ3n) is 2.58. The molecule has 0 atom stereocenters. The molecule has 8 nitrogen and oxygen atoms in total. The molecule has 21 heavy (non-hydrogen) atoms. The number of nitrogen functional groups attached to an aromatic ring is 1. The van der Waals surface area contributed by atoms with Crippen molar-refractivity contribution in [1.82, 2.24) is 9.97 Å². The van der Waals surface area contributed by atoms with E-state index in [0.29, 0.717) is 5.56 Å². The van der Waals surface area contributed by atoms with Gasteiger partial charge in [-0.25, -0.2) is 0 Å². The second kappa shape index (κ2) is 5.87. The third-order valence-corrected chi connectivity index (χ3v) is 2.58. The Morgan fingerprint density at radius 2 is 2.10 bits per heavy atom. The van der Waals surface area contributed by atoms with Crippen LogP contribution in [0.3, 0.4) is 0 Å². The van der Waals surface area contributed by atoms with E-state index in [4.69, 9.17) is 10.8 Å². The number of benzene rings is 1. The van der Waals surface area contributed by atoms with E-state index < -0.39 is 5.56 Å². The van der Waals surface area contributed by atoms with Crippen LogP contribution in [0.5, 0.6) is 5.75 Å². The number of nitrogens with one attached hydrogen (secondary N) is 1. The van der Waals surface area contributed by atoms with Crippen molar-refractivity contribution in [1.29, 1.82) is 0 Å². The number of hydrogen-bond acceptors (Lipinski definition) is 7. The summed E-state index contributed by atoms with van der Waals surface area (Å²) in [6.07, 6.45) is 1.09. The molecular weight excluding hydrogens is 274 g/mol. The zero-order valence-electron chi connectivity index (χ0n) is 11.1. The van der Waals surface area contributed by atoms with Gasteiger partial charge in [0.25, 0.3) is 5.56 Å². The van der Waals surface area contributed by atoms with Crippen molar-refractivity contribution in [3.05, 3.63) is 46.2 Å². The van der Waals surface area contributed by atoms with Gasteiger partial charge in [-0.1, -0.05) is 0 Å². The lowest BCUT2D eigenvalue weighted by Crippen LogP contribution is -2.18. The van der Waals surface area contributed by atoms with Crippen LogP contribution >= 0.6 is 0 Å². The van der Waals surface area contributed by atoms with Crippen LogP contribution in [0.1, 0.15) is 10.4 Å². The fraction of sp³-hybridized carbons (Fsp3) is 0.0769. The minimum Gasteiger partial charge on any atom is -0.508 e. The number of hydrogen-bond donors (Lipinski definition) is 3. The van der Waals surface area contributed by atoms with Crippen molar-refractivity contribution in [2.24, 2.45) is 5.10 Å². The smallest absolute Gasteiger partial charge is 0.254 e. The normalized spacial score (nSPS) is 10.7. The molecule has 2 aromatic rings. The van der Waals surface area contributed by atoms with Gasteiger partial charge >= 0.3 is 0 Å². The minimum atomic E-state index is -0.413. The van der Waals surface area contributed by atoms with Crippen molar-refractivity contribution in [3.63, 3.8) is 0 Å². The van der Waals surface area contributed by atoms with E-state index in [-0.39, 0.29) is 23.3 Å². The lowest BCUT2D eigenvalue weighted by atomic mass is 10.1. The number of Topliss-reactive ketones (excluding diaryl/α,β-unsaturated/α-hetero) is 1. The number of ketones is 1. The zero-order chi connectivity index (χ0) is 15.4. The average Bonchev–Trinajstić information content (AvgIpc) is 2.44. The van der Waals surface area contributed by atoms with Gasteiger partial charge in [0.2, 0.25) is 11.7 Å². The highest BCUT2D eigenvalue weighted by Gasteiger charge is 2.06. The van der Waals surface area contributed by atoms with Crippen LogP contribution in [0.2, 0.25) is 0 Å². The molecule has 1 aromatic carbocycles. The van der Waals surface area contributed by atoms with E-state index in [1.54, 1.807) is 0 Å². The number of rotatable bonds is 4. The number of carbonyl (C=O) groups is 1. The molecule has 0 saturated carbocycles. The number of aromatic nitrogens is 2. The quantitative estimate of drug-likeness (QED) is 0.423. The highest BCUT2D eigenvalue weighted by molar-refractivity contribution is 6.35. The van der Waals surface area contributed by atoms with Gasteiger partial charge in [0.15, 0.2) is 5.82 Å². The lowest BCUT2D eigenvalue weighted by molar-refractivity contribution is 0.107. The first kappa shape index (κ1) is 14.3. The van der Waals surface area contributed by atoms with E-state index in [0.717, 1.165) is 6.21 Å². The average molecular weight is 287 g/mol. The van der Waals surface area contributed by atoms with E-state index in [2.05, 4.69) is 15.1 Å². The van der Waals surface area contributed by atoms with Gasteiger partial charge in [-0.05, 0) is 24.3 Å². The first-order valence-electron chi connectivity index (χ1n) is 5.93. The van der Waals surface area contributed by atoms with Crippen LogP contribution in [0.4, 0.5) is 11.8 Å². The van der Waals surface area contributed by atoms with Crippen LogP contribution in [0.15, 0.2) is 40.2 Å². The predicted octanol–water partition coefficient (Wildman–Crippen LogP) is 0.363. The molecule has 108 valence electrons. The Bertz CT molecular complexity index is 736. The molecule has 0 spiro atoms. The lowest BCUT2D eigenvalue weighted by Gasteiger charge is -2.10. The second-order valence-electron chi connectivity index (χ2n) is 4.17. The summed E-state index contributed by atoms with van der Waals surface area (Å²) < 4.78 is 0. The fourth-order valence-electron chi connectivity index (χ4n) is 1.53. The molecule has 0 unspecified atom stereocenters. The molecule has 2 rings (SSSR count). The van der Waals surface area contributed by atoms with Crippen molar-refractivity contribution in [2.75, 3.05) is 17.8 Å². The van der Waals surface area contributed by atoms with Crippen LogP contribution in [-0.2, 0) is 0 Å². The molecule has 4 N–H and O–H groups in total. The van der Waals surface area contributed by atoms with Crippen molar-refractivity contribution in [3.8, 4) is 5.75 Å². The number of phenolic OH excluding ortho intramolecular Hbond substituents is 1. The molecule has 8 heteroatoms. The Labute approximate surface area is 119 Å². The molecule has 0 radical (unpaired) electrons. The fourth-order valence-corrected chi connectivity index (χ4v) is 1.53. The molecule has 0 saturated heterocycles. The highest BCUT2D eigenvalue weighted by atomic mass is 16.3. The van der Waals surface area contributed by atoms with E-state index in [1.165, 1.54) is 42.4 Å². The minimum absolute atomic E-state index is 0.0376. The van der Waals surface area contributed by atoms with Crippen molar-refractivity contribution < 1.29 is 9.90 Å². The molecule has 1 heterocycles. The Morgan fingerprint density at radius 1 is 1.43 bits per heavy atom. The van der Waals surface area contributed by atoms with Gasteiger partial charge in [-0.15, -0.1) is 0 Å². The van der Waals surface area contributed by atoms with Gasteiger partial charge in [0.05, 0.1) is 6.21 Å². The number of phenols is 1. The SMILES string of the molecule is CN(N=CC(=O)c1ccc(O)cc1)c1cc(=O)[nH]c(N)n1. The van der Waals surface area contributed by atoms with E-state index in [9.17, 15) is 9.59 Å². The predicted molar refractivity (Wildman–Crippen MR) is 78.6 cm³/mol. The van der Waals surface area contributed by atoms with Crippen molar-refractivity contribution >= 4 is 23.8 Å². The highest BCUT2D eigenvalue weighted by Crippen LogP contribution is 2.10. The zero-order valence-corrected chi connectivity index (χ0v) is 11.1. The number of carbonyl (C=O) groups excluding carboxylic acids is 1. The second-order valence-corrected chi connectivity index (χ2v) is 4.17. The topological polar surface area (TPSA) is 125 Å². The number of nitrogens with two attached hydrogens (primary N) is 1. The first-order chi connectivity index (χ1) is 9.95. The number of aromatic hydroxyl groups is 1. The molecule has 0 bridgehead atoms. The van der Waals surface area contributed by atoms with Crippen LogP contribution in [0.25, 0.3) is 0 Å². The Kier molecular flexibility index (Phi) is 3.98. The Hall–Kier alpha value is -3.16. The van der Waals surface area contributed by atoms with E-state index in [1.807, 2.05) is 0 Å². The van der Waals surface area contributed by atoms with Crippen LogP contribution < -0.4 is 16.3 Å². The molecule has 0 aliphatic heterocycles. The number of anilines is 2. The van der Waals surface area contributed by atoms with Gasteiger partial charge in [-0.2, -0.15) is 10.1 Å². The summed E-state index contributed by atoms with van der Waals surface area (Å²) in [5.41, 5.74) is 5.39. The molecule has 0 amide bonds.